The summed E-state index contributed by atoms with van der Waals surface area (Å²) >= 11 is 0. The fourth-order valence-corrected chi connectivity index (χ4v) is 3.69. The van der Waals surface area contributed by atoms with Crippen LogP contribution in [0.15, 0.2) is 23.1 Å². The van der Waals surface area contributed by atoms with Gasteiger partial charge in [-0.05, 0) is 55.9 Å². The van der Waals surface area contributed by atoms with E-state index in [2.05, 4.69) is 4.90 Å². The van der Waals surface area contributed by atoms with Crippen molar-refractivity contribution in [1.82, 2.24) is 4.90 Å². The third-order valence-electron chi connectivity index (χ3n) is 3.08. The zero-order valence-electron chi connectivity index (χ0n) is 10.7. The molecule has 1 aromatic rings. The molecule has 1 nitrogen and oxygen atoms in total. The first-order valence-corrected chi connectivity index (χ1v) is 8.69. The van der Waals surface area contributed by atoms with Crippen LogP contribution in [-0.4, -0.2) is 24.2 Å². The number of hydrogen-bond acceptors (Lipinski definition) is 3. The van der Waals surface area contributed by atoms with Gasteiger partial charge < -0.3 is 0 Å². The number of likely N-dealkylation sites (tertiary alicyclic amines) is 1. The molecule has 19 heavy (non-hydrogen) atoms. The minimum Gasteiger partial charge on any atom is -0.299 e. The highest BCUT2D eigenvalue weighted by Gasteiger charge is 2.31. The highest BCUT2D eigenvalue weighted by Crippen LogP contribution is 2.36. The molecule has 0 aliphatic carbocycles. The lowest BCUT2D eigenvalue weighted by Gasteiger charge is -2.17. The van der Waals surface area contributed by atoms with Crippen LogP contribution in [0.4, 0.5) is 13.2 Å². The van der Waals surface area contributed by atoms with Crippen LogP contribution in [0.5, 0.6) is 0 Å². The maximum absolute atomic E-state index is 12.9. The van der Waals surface area contributed by atoms with Gasteiger partial charge >= 0.3 is 6.18 Å². The molecular formula is C13H16F3NS2. The Kier molecular flexibility index (Phi) is 5.09. The van der Waals surface area contributed by atoms with Crippen molar-refractivity contribution in [1.29, 1.82) is 0 Å². The molecule has 0 N–H and O–H groups in total. The molecule has 0 amide bonds. The van der Waals surface area contributed by atoms with Gasteiger partial charge in [0.2, 0.25) is 0 Å². The molecule has 0 unspecified atom stereocenters. The lowest BCUT2D eigenvalue weighted by atomic mass is 10.1. The Bertz CT molecular complexity index is 428. The van der Waals surface area contributed by atoms with Crippen LogP contribution in [-0.2, 0) is 12.7 Å². The van der Waals surface area contributed by atoms with Gasteiger partial charge in [-0.1, -0.05) is 21.6 Å². The maximum Gasteiger partial charge on any atom is 0.416 e. The van der Waals surface area contributed by atoms with E-state index in [0.717, 1.165) is 31.5 Å². The van der Waals surface area contributed by atoms with E-state index >= 15 is 0 Å². The molecule has 1 aliphatic rings. The van der Waals surface area contributed by atoms with Gasteiger partial charge in [-0.15, -0.1) is 0 Å². The van der Waals surface area contributed by atoms with Crippen LogP contribution >= 0.6 is 21.6 Å². The molecule has 6 heteroatoms. The van der Waals surface area contributed by atoms with Crippen LogP contribution < -0.4 is 0 Å². The number of halogens is 3. The summed E-state index contributed by atoms with van der Waals surface area (Å²) in [6.07, 6.45) is -0.115. The van der Waals surface area contributed by atoms with Gasteiger partial charge in [-0.3, -0.25) is 4.90 Å². The summed E-state index contributed by atoms with van der Waals surface area (Å²) in [6, 6.07) is 4.38. The molecule has 1 saturated heterocycles. The van der Waals surface area contributed by atoms with Crippen LogP contribution in [0.1, 0.15) is 24.0 Å². The Balaban J connectivity index is 2.22. The van der Waals surface area contributed by atoms with E-state index in [-0.39, 0.29) is 0 Å². The number of benzene rings is 1. The van der Waals surface area contributed by atoms with Crippen molar-refractivity contribution in [2.45, 2.75) is 30.5 Å². The van der Waals surface area contributed by atoms with E-state index < -0.39 is 11.7 Å². The van der Waals surface area contributed by atoms with Gasteiger partial charge in [0.25, 0.3) is 0 Å². The summed E-state index contributed by atoms with van der Waals surface area (Å²) in [4.78, 5) is 2.89. The van der Waals surface area contributed by atoms with E-state index in [4.69, 9.17) is 0 Å². The molecular weight excluding hydrogens is 291 g/mol. The number of alkyl halides is 3. The Morgan fingerprint density at radius 1 is 1.16 bits per heavy atom. The van der Waals surface area contributed by atoms with Crippen molar-refractivity contribution in [2.75, 3.05) is 19.3 Å². The normalized spacial score (nSPS) is 17.1. The molecule has 0 bridgehead atoms. The predicted octanol–water partition coefficient (Wildman–Crippen LogP) is 4.67. The molecule has 0 radical (unpaired) electrons. The van der Waals surface area contributed by atoms with Crippen molar-refractivity contribution >= 4 is 21.6 Å². The second-order valence-corrected chi connectivity index (χ2v) is 7.07. The average molecular weight is 307 g/mol. The minimum absolute atomic E-state index is 0.541. The standard InChI is InChI=1S/C13H16F3NS2/c1-18-19-12-7-10(9-17-4-2-3-5-17)6-11(8-12)13(14,15)16/h6-8H,2-5,9H2,1H3. The van der Waals surface area contributed by atoms with Crippen LogP contribution in [0.3, 0.4) is 0 Å². The molecule has 106 valence electrons. The quantitative estimate of drug-likeness (QED) is 0.744. The Morgan fingerprint density at radius 3 is 2.42 bits per heavy atom. The SMILES string of the molecule is CSSc1cc(CN2CCCC2)cc(C(F)(F)F)c1. The van der Waals surface area contributed by atoms with Gasteiger partial charge in [-0.25, -0.2) is 0 Å². The second kappa shape index (κ2) is 6.41. The Labute approximate surface area is 119 Å². The summed E-state index contributed by atoms with van der Waals surface area (Å²) in [6.45, 7) is 2.59. The highest BCUT2D eigenvalue weighted by molar-refractivity contribution is 8.76. The first-order valence-electron chi connectivity index (χ1n) is 6.13. The van der Waals surface area contributed by atoms with Gasteiger partial charge in [0, 0.05) is 11.4 Å². The van der Waals surface area contributed by atoms with Gasteiger partial charge in [0.1, 0.15) is 0 Å². The van der Waals surface area contributed by atoms with Gasteiger partial charge in [-0.2, -0.15) is 13.2 Å². The molecule has 0 aromatic heterocycles. The first-order chi connectivity index (χ1) is 8.99. The molecule has 1 aliphatic heterocycles. The molecule has 0 spiro atoms. The average Bonchev–Trinajstić information content (AvgIpc) is 2.81. The van der Waals surface area contributed by atoms with E-state index in [0.29, 0.717) is 11.4 Å². The maximum atomic E-state index is 12.9. The summed E-state index contributed by atoms with van der Waals surface area (Å²) < 4.78 is 38.6. The van der Waals surface area contributed by atoms with E-state index in [9.17, 15) is 13.2 Å². The summed E-state index contributed by atoms with van der Waals surface area (Å²) in [7, 11) is 2.84. The third kappa shape index (κ3) is 4.33. The van der Waals surface area contributed by atoms with Crippen molar-refractivity contribution in [3.63, 3.8) is 0 Å². The van der Waals surface area contributed by atoms with Crippen LogP contribution in [0.2, 0.25) is 0 Å². The Morgan fingerprint density at radius 2 is 1.84 bits per heavy atom. The predicted molar refractivity (Wildman–Crippen MR) is 75.3 cm³/mol. The van der Waals surface area contributed by atoms with Crippen LogP contribution in [0, 0.1) is 0 Å². The van der Waals surface area contributed by atoms with Crippen molar-refractivity contribution in [2.24, 2.45) is 0 Å². The smallest absolute Gasteiger partial charge is 0.299 e. The first kappa shape index (κ1) is 15.1. The highest BCUT2D eigenvalue weighted by atomic mass is 33.1. The Hall–Kier alpha value is -0.330. The molecule has 1 heterocycles. The van der Waals surface area contributed by atoms with E-state index in [1.807, 2.05) is 12.3 Å². The van der Waals surface area contributed by atoms with Crippen molar-refractivity contribution in [3.8, 4) is 0 Å². The molecule has 0 saturated carbocycles. The van der Waals surface area contributed by atoms with Crippen LogP contribution in [0.25, 0.3) is 0 Å². The number of hydrogen-bond donors (Lipinski definition) is 0. The van der Waals surface area contributed by atoms with E-state index in [1.54, 1.807) is 0 Å². The lowest BCUT2D eigenvalue weighted by molar-refractivity contribution is -0.137. The van der Waals surface area contributed by atoms with Crippen molar-refractivity contribution in [3.05, 3.63) is 29.3 Å². The lowest BCUT2D eigenvalue weighted by Crippen LogP contribution is -2.19. The fourth-order valence-electron chi connectivity index (χ4n) is 2.26. The summed E-state index contributed by atoms with van der Waals surface area (Å²) in [5, 5.41) is 0. The number of rotatable bonds is 4. The van der Waals surface area contributed by atoms with Gasteiger partial charge in [0.15, 0.2) is 0 Å². The minimum atomic E-state index is -4.27. The summed E-state index contributed by atoms with van der Waals surface area (Å²) in [5.41, 5.74) is 0.217. The van der Waals surface area contributed by atoms with E-state index in [1.165, 1.54) is 33.7 Å². The zero-order valence-corrected chi connectivity index (χ0v) is 12.3. The molecule has 1 aromatic carbocycles. The summed E-state index contributed by atoms with van der Waals surface area (Å²) in [5.74, 6) is 0. The van der Waals surface area contributed by atoms with Gasteiger partial charge in [0.05, 0.1) is 5.56 Å². The second-order valence-electron chi connectivity index (χ2n) is 4.60. The zero-order chi connectivity index (χ0) is 13.9. The molecule has 2 rings (SSSR count). The monoisotopic (exact) mass is 307 g/mol. The molecule has 1 fully saturated rings. The number of nitrogens with zero attached hydrogens (tertiary/aromatic N) is 1. The fraction of sp³-hybridized carbons (Fsp3) is 0.538. The van der Waals surface area contributed by atoms with Crippen molar-refractivity contribution < 1.29 is 13.2 Å². The molecule has 0 atom stereocenters. The third-order valence-corrected chi connectivity index (χ3v) is 4.75. The topological polar surface area (TPSA) is 3.24 Å². The largest absolute Gasteiger partial charge is 0.416 e.